The van der Waals surface area contributed by atoms with Gasteiger partial charge in [-0.15, -0.1) is 11.3 Å². The van der Waals surface area contributed by atoms with Gasteiger partial charge in [0.1, 0.15) is 11.8 Å². The molecule has 0 spiro atoms. The Bertz CT molecular complexity index is 1560. The molecular weight excluding hydrogens is 534 g/mol. The number of hydrogen-bond donors (Lipinski definition) is 1. The van der Waals surface area contributed by atoms with E-state index in [0.29, 0.717) is 33.3 Å². The van der Waals surface area contributed by atoms with Crippen LogP contribution in [0.3, 0.4) is 0 Å². The zero-order chi connectivity index (χ0) is 27.5. The number of nitrogens with zero attached hydrogens (tertiary/aromatic N) is 4. The summed E-state index contributed by atoms with van der Waals surface area (Å²) in [7, 11) is 2.92. The van der Waals surface area contributed by atoms with E-state index in [1.165, 1.54) is 36.2 Å². The molecule has 14 nitrogen and oxygen atoms in total. The molecule has 2 aromatic heterocycles. The highest BCUT2D eigenvalue weighted by Crippen LogP contribution is 2.52. The van der Waals surface area contributed by atoms with Crippen LogP contribution < -0.4 is 29.9 Å². The quantitative estimate of drug-likeness (QED) is 0.232. The molecule has 1 amide bonds. The minimum atomic E-state index is -0.681. The van der Waals surface area contributed by atoms with Crippen molar-refractivity contribution in [3.8, 4) is 23.0 Å². The number of carbonyl (C=O) groups excluding carboxylic acids is 2. The van der Waals surface area contributed by atoms with Gasteiger partial charge in [-0.1, -0.05) is 5.16 Å². The topological polar surface area (TPSA) is 161 Å². The number of hydrazone groups is 1. The number of oxime groups is 1. The number of rotatable bonds is 9. The van der Waals surface area contributed by atoms with Crippen molar-refractivity contribution in [2.24, 2.45) is 10.3 Å². The maximum absolute atomic E-state index is 12.7. The van der Waals surface area contributed by atoms with Crippen molar-refractivity contribution in [3.05, 3.63) is 44.8 Å². The summed E-state index contributed by atoms with van der Waals surface area (Å²) in [6.07, 6.45) is 2.82. The molecule has 0 fully saturated rings. The molecule has 204 valence electrons. The van der Waals surface area contributed by atoms with Crippen LogP contribution in [0.4, 0.5) is 0 Å². The molecule has 3 aromatic rings. The van der Waals surface area contributed by atoms with E-state index in [9.17, 15) is 14.4 Å². The number of ether oxygens (including phenoxy) is 5. The summed E-state index contributed by atoms with van der Waals surface area (Å²) in [4.78, 5) is 47.1. The van der Waals surface area contributed by atoms with Crippen molar-refractivity contribution in [3.63, 3.8) is 0 Å². The number of amides is 1. The van der Waals surface area contributed by atoms with Crippen LogP contribution in [0.25, 0.3) is 4.96 Å². The van der Waals surface area contributed by atoms with E-state index in [1.807, 2.05) is 0 Å². The predicted octanol–water partition coefficient (Wildman–Crippen LogP) is 1.52. The van der Waals surface area contributed by atoms with Gasteiger partial charge in [0.25, 0.3) is 11.5 Å². The van der Waals surface area contributed by atoms with E-state index in [4.69, 9.17) is 28.5 Å². The maximum atomic E-state index is 12.7. The smallest absolute Gasteiger partial charge is 0.356 e. The van der Waals surface area contributed by atoms with Crippen molar-refractivity contribution < 1.29 is 38.1 Å². The van der Waals surface area contributed by atoms with Crippen LogP contribution in [-0.2, 0) is 20.8 Å². The fourth-order valence-corrected chi connectivity index (χ4v) is 4.88. The first-order chi connectivity index (χ1) is 18.9. The largest absolute Gasteiger partial charge is 0.492 e. The highest BCUT2D eigenvalue weighted by Gasteiger charge is 2.34. The van der Waals surface area contributed by atoms with Crippen molar-refractivity contribution in [2.75, 3.05) is 27.6 Å². The molecule has 0 saturated heterocycles. The van der Waals surface area contributed by atoms with Crippen LogP contribution in [0.1, 0.15) is 35.0 Å². The molecule has 4 heterocycles. The molecule has 0 radical (unpaired) electrons. The van der Waals surface area contributed by atoms with Crippen LogP contribution in [-0.4, -0.2) is 66.9 Å². The lowest BCUT2D eigenvalue weighted by Gasteiger charge is -2.19. The minimum Gasteiger partial charge on any atom is -0.492 e. The minimum absolute atomic E-state index is 0.0543. The average Bonchev–Trinajstić information content (AvgIpc) is 3.70. The molecule has 1 atom stereocenters. The monoisotopic (exact) mass is 557 g/mol. The Kier molecular flexibility index (Phi) is 7.31. The van der Waals surface area contributed by atoms with E-state index in [0.717, 1.165) is 6.07 Å². The number of fused-ring (bicyclic) bond motifs is 2. The van der Waals surface area contributed by atoms with Gasteiger partial charge >= 0.3 is 5.97 Å². The summed E-state index contributed by atoms with van der Waals surface area (Å²) in [6, 6.07) is 1.12. The Hall–Kier alpha value is -4.66. The van der Waals surface area contributed by atoms with Crippen LogP contribution in [0.5, 0.6) is 23.0 Å². The second kappa shape index (κ2) is 11.0. The summed E-state index contributed by atoms with van der Waals surface area (Å²) < 4.78 is 28.9. The number of benzene rings is 1. The standard InChI is InChI=1S/C24H23N5O9S/c1-4-35-23(32)16-8-12(38-28-16)7-13-14(19(34-3)21-20(18(13)33-2)36-11-37-21)10-25-27-22(31)15-9-17(30)29-5-6-39-24(29)26-15/h5-6,9-10,12H,4,7-8,11H2,1-3H3,(H,27,31)/b25-10-. The third kappa shape index (κ3) is 4.95. The van der Waals surface area contributed by atoms with Gasteiger partial charge in [-0.2, -0.15) is 5.10 Å². The molecule has 1 aromatic carbocycles. The molecule has 0 bridgehead atoms. The molecule has 1 unspecified atom stereocenters. The lowest BCUT2D eigenvalue weighted by Crippen LogP contribution is -2.23. The van der Waals surface area contributed by atoms with Gasteiger partial charge in [0.05, 0.1) is 27.0 Å². The summed E-state index contributed by atoms with van der Waals surface area (Å²) >= 11 is 1.22. The third-order valence-electron chi connectivity index (χ3n) is 5.85. The number of hydrogen-bond acceptors (Lipinski definition) is 13. The van der Waals surface area contributed by atoms with Gasteiger partial charge in [-0.3, -0.25) is 14.0 Å². The Morgan fingerprint density at radius 1 is 1.26 bits per heavy atom. The van der Waals surface area contributed by atoms with Crippen LogP contribution >= 0.6 is 11.3 Å². The SMILES string of the molecule is CCOC(=O)C1=NOC(Cc2c(/C=N\NC(=O)c3cc(=O)n4ccsc4n3)c(OC)c3c(c2OC)OCO3)C1. The van der Waals surface area contributed by atoms with Crippen molar-refractivity contribution in [1.29, 1.82) is 0 Å². The van der Waals surface area contributed by atoms with E-state index >= 15 is 0 Å². The first kappa shape index (κ1) is 26.0. The summed E-state index contributed by atoms with van der Waals surface area (Å²) in [6.45, 7) is 1.87. The Labute approximate surface area is 224 Å². The molecule has 5 rings (SSSR count). The van der Waals surface area contributed by atoms with E-state index in [1.54, 1.807) is 18.5 Å². The molecular formula is C24H23N5O9S. The third-order valence-corrected chi connectivity index (χ3v) is 6.61. The molecule has 39 heavy (non-hydrogen) atoms. The Morgan fingerprint density at radius 2 is 2.03 bits per heavy atom. The molecule has 1 N–H and O–H groups in total. The number of thiazole rings is 1. The normalized spacial score (nSPS) is 15.8. The highest BCUT2D eigenvalue weighted by atomic mass is 32.1. The second-order valence-electron chi connectivity index (χ2n) is 8.15. The van der Waals surface area contributed by atoms with Gasteiger partial charge in [-0.05, 0) is 6.92 Å². The van der Waals surface area contributed by atoms with Gasteiger partial charge < -0.3 is 28.5 Å². The van der Waals surface area contributed by atoms with E-state index in [2.05, 4.69) is 20.7 Å². The fraction of sp³-hybridized carbons (Fsp3) is 0.333. The lowest BCUT2D eigenvalue weighted by atomic mass is 9.96. The van der Waals surface area contributed by atoms with Crippen LogP contribution in [0.15, 0.2) is 32.7 Å². The summed E-state index contributed by atoms with van der Waals surface area (Å²) in [5.41, 5.74) is 3.05. The number of methoxy groups -OCH3 is 2. The average molecular weight is 558 g/mol. The molecule has 15 heteroatoms. The molecule has 2 aliphatic rings. The fourth-order valence-electron chi connectivity index (χ4n) is 4.16. The van der Waals surface area contributed by atoms with Crippen LogP contribution in [0, 0.1) is 0 Å². The number of aromatic nitrogens is 2. The zero-order valence-corrected chi connectivity index (χ0v) is 21.9. The van der Waals surface area contributed by atoms with Crippen molar-refractivity contribution >= 4 is 40.1 Å². The summed E-state index contributed by atoms with van der Waals surface area (Å²) in [5.74, 6) is 0.0515. The second-order valence-corrected chi connectivity index (χ2v) is 9.02. The van der Waals surface area contributed by atoms with E-state index in [-0.39, 0.29) is 49.0 Å². The van der Waals surface area contributed by atoms with Crippen molar-refractivity contribution in [2.45, 2.75) is 25.9 Å². The number of nitrogens with one attached hydrogen (secondary N) is 1. The zero-order valence-electron chi connectivity index (χ0n) is 21.1. The highest BCUT2D eigenvalue weighted by molar-refractivity contribution is 7.15. The maximum Gasteiger partial charge on any atom is 0.356 e. The number of esters is 1. The van der Waals surface area contributed by atoms with Gasteiger partial charge in [0.2, 0.25) is 18.3 Å². The first-order valence-electron chi connectivity index (χ1n) is 11.7. The first-order valence-corrected chi connectivity index (χ1v) is 12.6. The summed E-state index contributed by atoms with van der Waals surface area (Å²) in [5, 5.41) is 9.64. The molecule has 0 aliphatic carbocycles. The van der Waals surface area contributed by atoms with Crippen LogP contribution in [0.2, 0.25) is 0 Å². The Morgan fingerprint density at radius 3 is 2.77 bits per heavy atom. The number of carbonyl (C=O) groups is 2. The molecule has 0 saturated carbocycles. The van der Waals surface area contributed by atoms with Crippen molar-refractivity contribution in [1.82, 2.24) is 14.8 Å². The van der Waals surface area contributed by atoms with Gasteiger partial charge in [0.15, 0.2) is 22.2 Å². The van der Waals surface area contributed by atoms with Gasteiger partial charge in [-0.25, -0.2) is 15.2 Å². The van der Waals surface area contributed by atoms with Gasteiger partial charge in [0, 0.05) is 41.6 Å². The van der Waals surface area contributed by atoms with E-state index < -0.39 is 18.0 Å². The Balaban J connectivity index is 1.45. The lowest BCUT2D eigenvalue weighted by molar-refractivity contribution is -0.135. The predicted molar refractivity (Wildman–Crippen MR) is 137 cm³/mol. The molecule has 2 aliphatic heterocycles.